The number of benzene rings is 3. The molecule has 0 bridgehead atoms. The van der Waals surface area contributed by atoms with Crippen LogP contribution in [0.3, 0.4) is 0 Å². The van der Waals surface area contributed by atoms with Crippen LogP contribution in [-0.2, 0) is 29.0 Å². The minimum atomic E-state index is -0.774. The van der Waals surface area contributed by atoms with Gasteiger partial charge in [0.1, 0.15) is 11.9 Å². The number of nitrogens with zero attached hydrogens (tertiary/aromatic N) is 1. The van der Waals surface area contributed by atoms with E-state index in [0.29, 0.717) is 12.0 Å². The Labute approximate surface area is 208 Å². The Morgan fingerprint density at radius 1 is 0.943 bits per heavy atom. The summed E-state index contributed by atoms with van der Waals surface area (Å²) in [6.07, 6.45) is 1.26. The van der Waals surface area contributed by atoms with Crippen LogP contribution >= 0.6 is 0 Å². The maximum Gasteiger partial charge on any atom is 0.243 e. The van der Waals surface area contributed by atoms with Crippen molar-refractivity contribution in [1.82, 2.24) is 10.2 Å². The molecule has 184 valence electrons. The van der Waals surface area contributed by atoms with Crippen LogP contribution in [0.4, 0.5) is 4.39 Å². The van der Waals surface area contributed by atoms with Crippen LogP contribution in [0.25, 0.3) is 0 Å². The molecule has 2 atom stereocenters. The Bertz CT molecular complexity index is 1150. The minimum absolute atomic E-state index is 0.0157. The molecule has 0 saturated carbocycles. The number of carbonyl (C=O) groups excluding carboxylic acids is 2. The highest BCUT2D eigenvalue weighted by atomic mass is 19.1. The number of hydrogen-bond donors (Lipinski definition) is 1. The van der Waals surface area contributed by atoms with E-state index in [9.17, 15) is 14.0 Å². The standard InChI is InChI=1S/C30H35FN2O2/c1-5-23(4)32-30(35)28(18-24-11-7-6-8-12-24)33(20-25-13-9-10-14-27(25)31)29(34)19-26-17-21(2)15-16-22(26)3/h6-17,23,28H,5,18-20H2,1-4H3,(H,32,35)/t23-,28-/m1/s1. The Morgan fingerprint density at radius 2 is 1.63 bits per heavy atom. The molecule has 0 fully saturated rings. The molecule has 0 unspecified atom stereocenters. The predicted octanol–water partition coefficient (Wildman–Crippen LogP) is 5.54. The fraction of sp³-hybridized carbons (Fsp3) is 0.333. The van der Waals surface area contributed by atoms with E-state index in [2.05, 4.69) is 5.32 Å². The zero-order valence-electron chi connectivity index (χ0n) is 21.1. The van der Waals surface area contributed by atoms with E-state index in [1.165, 1.54) is 6.07 Å². The van der Waals surface area contributed by atoms with Gasteiger partial charge >= 0.3 is 0 Å². The monoisotopic (exact) mass is 474 g/mol. The number of halogens is 1. The highest BCUT2D eigenvalue weighted by molar-refractivity contribution is 5.89. The SMILES string of the molecule is CC[C@@H](C)NC(=O)[C@@H](Cc1ccccc1)N(Cc1ccccc1F)C(=O)Cc1cc(C)ccc1C. The highest BCUT2D eigenvalue weighted by Crippen LogP contribution is 2.20. The van der Waals surface area contributed by atoms with E-state index in [1.807, 2.05) is 76.2 Å². The second-order valence-electron chi connectivity index (χ2n) is 9.24. The average molecular weight is 475 g/mol. The number of carbonyl (C=O) groups is 2. The van der Waals surface area contributed by atoms with Crippen LogP contribution in [0, 0.1) is 19.7 Å². The molecule has 35 heavy (non-hydrogen) atoms. The first-order valence-corrected chi connectivity index (χ1v) is 12.2. The van der Waals surface area contributed by atoms with Crippen LogP contribution in [0.2, 0.25) is 0 Å². The van der Waals surface area contributed by atoms with Gasteiger partial charge in [0.25, 0.3) is 0 Å². The summed E-state index contributed by atoms with van der Waals surface area (Å²) in [5, 5.41) is 3.04. The van der Waals surface area contributed by atoms with Crippen LogP contribution in [0.5, 0.6) is 0 Å². The van der Waals surface area contributed by atoms with Crippen molar-refractivity contribution in [2.45, 2.75) is 65.6 Å². The number of rotatable bonds is 10. The summed E-state index contributed by atoms with van der Waals surface area (Å²) < 4.78 is 14.7. The molecule has 0 radical (unpaired) electrons. The number of hydrogen-bond acceptors (Lipinski definition) is 2. The first-order valence-electron chi connectivity index (χ1n) is 12.2. The molecule has 0 heterocycles. The van der Waals surface area contributed by atoms with Crippen molar-refractivity contribution in [3.63, 3.8) is 0 Å². The summed E-state index contributed by atoms with van der Waals surface area (Å²) >= 11 is 0. The average Bonchev–Trinajstić information content (AvgIpc) is 2.85. The largest absolute Gasteiger partial charge is 0.352 e. The third-order valence-electron chi connectivity index (χ3n) is 6.42. The lowest BCUT2D eigenvalue weighted by atomic mass is 9.99. The topological polar surface area (TPSA) is 49.4 Å². The number of aryl methyl sites for hydroxylation is 2. The normalized spacial score (nSPS) is 12.6. The molecule has 1 N–H and O–H groups in total. The van der Waals surface area contributed by atoms with E-state index in [4.69, 9.17) is 0 Å². The molecular formula is C30H35FN2O2. The summed E-state index contributed by atoms with van der Waals surface area (Å²) in [5.41, 5.74) is 4.31. The van der Waals surface area contributed by atoms with Crippen molar-refractivity contribution in [2.75, 3.05) is 0 Å². The van der Waals surface area contributed by atoms with Gasteiger partial charge in [0.05, 0.1) is 6.42 Å². The van der Waals surface area contributed by atoms with Crippen molar-refractivity contribution in [3.05, 3.63) is 106 Å². The lowest BCUT2D eigenvalue weighted by Crippen LogP contribution is -2.52. The van der Waals surface area contributed by atoms with E-state index < -0.39 is 11.9 Å². The quantitative estimate of drug-likeness (QED) is 0.419. The second kappa shape index (κ2) is 12.3. The first-order chi connectivity index (χ1) is 16.8. The molecule has 0 aromatic heterocycles. The summed E-state index contributed by atoms with van der Waals surface area (Å²) in [4.78, 5) is 28.9. The summed E-state index contributed by atoms with van der Waals surface area (Å²) in [6.45, 7) is 7.92. The maximum atomic E-state index is 14.7. The molecule has 0 aliphatic heterocycles. The number of amides is 2. The summed E-state index contributed by atoms with van der Waals surface area (Å²) in [6, 6.07) is 21.3. The molecule has 2 amide bonds. The van der Waals surface area contributed by atoms with Gasteiger partial charge in [-0.15, -0.1) is 0 Å². The second-order valence-corrected chi connectivity index (χ2v) is 9.24. The summed E-state index contributed by atoms with van der Waals surface area (Å²) in [7, 11) is 0. The fourth-order valence-corrected chi connectivity index (χ4v) is 4.06. The fourth-order valence-electron chi connectivity index (χ4n) is 4.06. The van der Waals surface area contributed by atoms with Crippen LogP contribution in [0.15, 0.2) is 72.8 Å². The predicted molar refractivity (Wildman–Crippen MR) is 138 cm³/mol. The molecule has 5 heteroatoms. The molecule has 0 spiro atoms. The summed E-state index contributed by atoms with van der Waals surface area (Å²) in [5.74, 6) is -0.825. The van der Waals surface area contributed by atoms with Crippen LogP contribution in [-0.4, -0.2) is 28.8 Å². The lowest BCUT2D eigenvalue weighted by Gasteiger charge is -2.32. The van der Waals surface area contributed by atoms with Crippen LogP contribution in [0.1, 0.15) is 48.1 Å². The molecule has 4 nitrogen and oxygen atoms in total. The van der Waals surface area contributed by atoms with Gasteiger partial charge in [0.15, 0.2) is 0 Å². The van der Waals surface area contributed by atoms with E-state index in [-0.39, 0.29) is 30.8 Å². The Kier molecular flexibility index (Phi) is 9.18. The highest BCUT2D eigenvalue weighted by Gasteiger charge is 2.31. The van der Waals surface area contributed by atoms with Gasteiger partial charge < -0.3 is 10.2 Å². The van der Waals surface area contributed by atoms with Gasteiger partial charge in [-0.05, 0) is 49.9 Å². The molecular weight excluding hydrogens is 439 g/mol. The third-order valence-corrected chi connectivity index (χ3v) is 6.42. The molecule has 3 aromatic carbocycles. The Hall–Kier alpha value is -3.47. The van der Waals surface area contributed by atoms with Crippen molar-refractivity contribution in [1.29, 1.82) is 0 Å². The van der Waals surface area contributed by atoms with Crippen molar-refractivity contribution >= 4 is 11.8 Å². The third kappa shape index (κ3) is 7.25. The van der Waals surface area contributed by atoms with Gasteiger partial charge in [-0.2, -0.15) is 0 Å². The molecule has 3 rings (SSSR count). The van der Waals surface area contributed by atoms with Gasteiger partial charge in [-0.25, -0.2) is 4.39 Å². The zero-order valence-corrected chi connectivity index (χ0v) is 21.1. The van der Waals surface area contributed by atoms with Crippen LogP contribution < -0.4 is 5.32 Å². The van der Waals surface area contributed by atoms with Gasteiger partial charge in [0.2, 0.25) is 11.8 Å². The molecule has 0 aliphatic rings. The number of nitrogens with one attached hydrogen (secondary N) is 1. The minimum Gasteiger partial charge on any atom is -0.352 e. The van der Waals surface area contributed by atoms with E-state index in [1.54, 1.807) is 23.1 Å². The van der Waals surface area contributed by atoms with E-state index >= 15 is 0 Å². The van der Waals surface area contributed by atoms with Crippen molar-refractivity contribution < 1.29 is 14.0 Å². The van der Waals surface area contributed by atoms with Gasteiger partial charge in [-0.1, -0.05) is 79.2 Å². The van der Waals surface area contributed by atoms with E-state index in [0.717, 1.165) is 28.7 Å². The van der Waals surface area contributed by atoms with Crippen molar-refractivity contribution in [3.8, 4) is 0 Å². The maximum absolute atomic E-state index is 14.7. The lowest BCUT2D eigenvalue weighted by molar-refractivity contribution is -0.141. The Balaban J connectivity index is 2.01. The van der Waals surface area contributed by atoms with Gasteiger partial charge in [-0.3, -0.25) is 9.59 Å². The molecule has 0 saturated heterocycles. The van der Waals surface area contributed by atoms with Crippen molar-refractivity contribution in [2.24, 2.45) is 0 Å². The Morgan fingerprint density at radius 3 is 2.31 bits per heavy atom. The van der Waals surface area contributed by atoms with Gasteiger partial charge in [0, 0.05) is 24.6 Å². The zero-order chi connectivity index (χ0) is 25.4. The first kappa shape index (κ1) is 26.1. The molecule has 3 aromatic rings. The smallest absolute Gasteiger partial charge is 0.243 e. The molecule has 0 aliphatic carbocycles.